The Kier molecular flexibility index (Phi) is 5.26. The van der Waals surface area contributed by atoms with Crippen LogP contribution in [0, 0.1) is 0 Å². The summed E-state index contributed by atoms with van der Waals surface area (Å²) in [6.07, 6.45) is 2.44. The predicted molar refractivity (Wildman–Crippen MR) is 106 cm³/mol. The van der Waals surface area contributed by atoms with Gasteiger partial charge in [0.05, 0.1) is 11.4 Å². The molecule has 2 N–H and O–H groups in total. The average molecular weight is 348 g/mol. The number of nitrogens with zero attached hydrogens (tertiary/aromatic N) is 2. The molecule has 0 saturated carbocycles. The second-order valence-corrected chi connectivity index (χ2v) is 6.09. The standard InChI is InChI=1S/C21H18ClN3/c1-15(24-14-17-5-2-3-7-20(17)23)21-8-4-6-19(25-21)13-16-9-11-18(22)12-10-16/h2-12,14H,1,13,23H2/b24-14-. The first kappa shape index (κ1) is 16.9. The monoisotopic (exact) mass is 347 g/mol. The molecule has 0 unspecified atom stereocenters. The summed E-state index contributed by atoms with van der Waals surface area (Å²) in [6.45, 7) is 4.01. The smallest absolute Gasteiger partial charge is 0.0883 e. The van der Waals surface area contributed by atoms with Crippen LogP contribution in [-0.4, -0.2) is 11.2 Å². The first-order valence-corrected chi connectivity index (χ1v) is 8.28. The molecule has 0 atom stereocenters. The van der Waals surface area contributed by atoms with Gasteiger partial charge in [-0.05, 0) is 35.9 Å². The molecule has 0 aliphatic carbocycles. The number of halogens is 1. The number of rotatable bonds is 5. The molecule has 124 valence electrons. The quantitative estimate of drug-likeness (QED) is 0.521. The Morgan fingerprint density at radius 3 is 2.56 bits per heavy atom. The maximum Gasteiger partial charge on any atom is 0.0883 e. The second kappa shape index (κ2) is 7.77. The van der Waals surface area contributed by atoms with Crippen molar-refractivity contribution in [2.75, 3.05) is 5.73 Å². The van der Waals surface area contributed by atoms with Crippen LogP contribution in [0.15, 0.2) is 78.3 Å². The van der Waals surface area contributed by atoms with E-state index in [1.807, 2.05) is 66.7 Å². The van der Waals surface area contributed by atoms with E-state index in [4.69, 9.17) is 17.3 Å². The van der Waals surface area contributed by atoms with Crippen molar-refractivity contribution in [1.82, 2.24) is 4.98 Å². The summed E-state index contributed by atoms with van der Waals surface area (Å²) in [5, 5.41) is 0.730. The van der Waals surface area contributed by atoms with Crippen LogP contribution in [-0.2, 0) is 6.42 Å². The molecule has 4 heteroatoms. The van der Waals surface area contributed by atoms with Gasteiger partial charge in [-0.3, -0.25) is 9.98 Å². The minimum Gasteiger partial charge on any atom is -0.398 e. The van der Waals surface area contributed by atoms with Gasteiger partial charge in [-0.1, -0.05) is 54.6 Å². The molecule has 3 rings (SSSR count). The summed E-state index contributed by atoms with van der Waals surface area (Å²) >= 11 is 5.93. The maximum atomic E-state index is 5.93. The van der Waals surface area contributed by atoms with Crippen LogP contribution >= 0.6 is 11.6 Å². The van der Waals surface area contributed by atoms with Crippen molar-refractivity contribution in [3.63, 3.8) is 0 Å². The average Bonchev–Trinajstić information content (AvgIpc) is 2.63. The predicted octanol–water partition coefficient (Wildman–Crippen LogP) is 5.00. The van der Waals surface area contributed by atoms with Crippen molar-refractivity contribution >= 4 is 29.2 Å². The fourth-order valence-electron chi connectivity index (χ4n) is 2.39. The van der Waals surface area contributed by atoms with E-state index < -0.39 is 0 Å². The molecule has 0 aliphatic heterocycles. The maximum absolute atomic E-state index is 5.93. The summed E-state index contributed by atoms with van der Waals surface area (Å²) < 4.78 is 0. The molecule has 1 heterocycles. The second-order valence-electron chi connectivity index (χ2n) is 5.65. The van der Waals surface area contributed by atoms with Gasteiger partial charge in [0.1, 0.15) is 0 Å². The molecule has 0 spiro atoms. The Morgan fingerprint density at radius 1 is 1.04 bits per heavy atom. The van der Waals surface area contributed by atoms with Crippen LogP contribution in [0.5, 0.6) is 0 Å². The number of nitrogen functional groups attached to an aromatic ring is 1. The number of nitrogens with two attached hydrogens (primary N) is 1. The lowest BCUT2D eigenvalue weighted by atomic mass is 10.1. The Balaban J connectivity index is 1.75. The lowest BCUT2D eigenvalue weighted by Crippen LogP contribution is -1.96. The van der Waals surface area contributed by atoms with Gasteiger partial charge in [0, 0.05) is 34.6 Å². The summed E-state index contributed by atoms with van der Waals surface area (Å²) in [7, 11) is 0. The fraction of sp³-hybridized carbons (Fsp3) is 0.0476. The third-order valence-corrected chi connectivity index (χ3v) is 4.01. The van der Waals surface area contributed by atoms with Crippen LogP contribution < -0.4 is 5.73 Å². The zero-order valence-electron chi connectivity index (χ0n) is 13.7. The molecule has 1 aromatic heterocycles. The summed E-state index contributed by atoms with van der Waals surface area (Å²) in [5.74, 6) is 0. The van der Waals surface area contributed by atoms with Gasteiger partial charge in [-0.15, -0.1) is 0 Å². The fourth-order valence-corrected chi connectivity index (χ4v) is 2.52. The number of aromatic nitrogens is 1. The molecular formula is C21H18ClN3. The van der Waals surface area contributed by atoms with Crippen molar-refractivity contribution in [2.45, 2.75) is 6.42 Å². The molecule has 0 fully saturated rings. The molecule has 2 aromatic carbocycles. The van der Waals surface area contributed by atoms with E-state index in [0.717, 1.165) is 34.0 Å². The van der Waals surface area contributed by atoms with Gasteiger partial charge in [-0.25, -0.2) is 0 Å². The van der Waals surface area contributed by atoms with E-state index in [9.17, 15) is 0 Å². The first-order valence-electron chi connectivity index (χ1n) is 7.90. The number of para-hydroxylation sites is 1. The van der Waals surface area contributed by atoms with E-state index >= 15 is 0 Å². The zero-order chi connectivity index (χ0) is 17.6. The van der Waals surface area contributed by atoms with Gasteiger partial charge in [-0.2, -0.15) is 0 Å². The number of hydrogen-bond acceptors (Lipinski definition) is 3. The van der Waals surface area contributed by atoms with Crippen LogP contribution in [0.2, 0.25) is 5.02 Å². The number of anilines is 1. The molecule has 3 nitrogen and oxygen atoms in total. The highest BCUT2D eigenvalue weighted by Crippen LogP contribution is 2.16. The molecule has 0 radical (unpaired) electrons. The highest BCUT2D eigenvalue weighted by molar-refractivity contribution is 6.30. The summed E-state index contributed by atoms with van der Waals surface area (Å²) in [4.78, 5) is 9.05. The van der Waals surface area contributed by atoms with Gasteiger partial charge >= 0.3 is 0 Å². The molecule has 0 amide bonds. The van der Waals surface area contributed by atoms with Gasteiger partial charge in [0.25, 0.3) is 0 Å². The number of hydrogen-bond donors (Lipinski definition) is 1. The highest BCUT2D eigenvalue weighted by Gasteiger charge is 2.03. The third-order valence-electron chi connectivity index (χ3n) is 3.76. The molecule has 0 bridgehead atoms. The molecule has 0 saturated heterocycles. The SMILES string of the molecule is C=C(/N=C\c1ccccc1N)c1cccc(Cc2ccc(Cl)cc2)n1. The molecular weight excluding hydrogens is 330 g/mol. The van der Waals surface area contributed by atoms with E-state index in [2.05, 4.69) is 16.6 Å². The molecule has 0 aliphatic rings. The van der Waals surface area contributed by atoms with E-state index in [1.165, 1.54) is 0 Å². The number of pyridine rings is 1. The lowest BCUT2D eigenvalue weighted by Gasteiger charge is -2.05. The molecule has 25 heavy (non-hydrogen) atoms. The van der Waals surface area contributed by atoms with Crippen LogP contribution in [0.1, 0.15) is 22.5 Å². The van der Waals surface area contributed by atoms with Crippen molar-refractivity contribution in [1.29, 1.82) is 0 Å². The van der Waals surface area contributed by atoms with Crippen LogP contribution in [0.3, 0.4) is 0 Å². The summed E-state index contributed by atoms with van der Waals surface area (Å²) in [6, 6.07) is 21.2. The van der Waals surface area contributed by atoms with Gasteiger partial charge in [0.15, 0.2) is 0 Å². The zero-order valence-corrected chi connectivity index (χ0v) is 14.4. The first-order chi connectivity index (χ1) is 12.1. The van der Waals surface area contributed by atoms with E-state index in [0.29, 0.717) is 11.4 Å². The topological polar surface area (TPSA) is 51.3 Å². The van der Waals surface area contributed by atoms with E-state index in [-0.39, 0.29) is 0 Å². The molecule has 3 aromatic rings. The largest absolute Gasteiger partial charge is 0.398 e. The van der Waals surface area contributed by atoms with Gasteiger partial charge < -0.3 is 5.73 Å². The number of benzene rings is 2. The van der Waals surface area contributed by atoms with Crippen molar-refractivity contribution in [3.8, 4) is 0 Å². The van der Waals surface area contributed by atoms with Crippen molar-refractivity contribution in [2.24, 2.45) is 4.99 Å². The Hall–Kier alpha value is -2.91. The Morgan fingerprint density at radius 2 is 1.80 bits per heavy atom. The van der Waals surface area contributed by atoms with Crippen molar-refractivity contribution in [3.05, 3.63) is 101 Å². The normalized spacial score (nSPS) is 10.9. The third kappa shape index (κ3) is 4.55. The van der Waals surface area contributed by atoms with Gasteiger partial charge in [0.2, 0.25) is 0 Å². The van der Waals surface area contributed by atoms with Crippen molar-refractivity contribution < 1.29 is 0 Å². The lowest BCUT2D eigenvalue weighted by molar-refractivity contribution is 1.06. The summed E-state index contributed by atoms with van der Waals surface area (Å²) in [5.41, 5.74) is 10.9. The van der Waals surface area contributed by atoms with Crippen LogP contribution in [0.25, 0.3) is 5.70 Å². The Labute approximate surface area is 152 Å². The Bertz CT molecular complexity index is 914. The highest BCUT2D eigenvalue weighted by atomic mass is 35.5. The van der Waals surface area contributed by atoms with Crippen LogP contribution in [0.4, 0.5) is 5.69 Å². The van der Waals surface area contributed by atoms with E-state index in [1.54, 1.807) is 6.21 Å². The number of aliphatic imine (C=N–C) groups is 1. The minimum absolute atomic E-state index is 0.598. The minimum atomic E-state index is 0.598.